The van der Waals surface area contributed by atoms with Crippen LogP contribution in [0.2, 0.25) is 0 Å². The molecule has 0 aliphatic heterocycles. The quantitative estimate of drug-likeness (QED) is 0.804. The van der Waals surface area contributed by atoms with Crippen molar-refractivity contribution in [2.75, 3.05) is 7.11 Å². The smallest absolute Gasteiger partial charge is 0.328 e. The number of hydrogen-bond donors (Lipinski definition) is 1. The molecule has 0 radical (unpaired) electrons. The molecule has 0 spiro atoms. The van der Waals surface area contributed by atoms with E-state index >= 15 is 0 Å². The maximum absolute atomic E-state index is 10.4. The summed E-state index contributed by atoms with van der Waals surface area (Å²) in [5, 5.41) is 9.48. The average Bonchev–Trinajstić information content (AvgIpc) is 2.71. The molecule has 0 amide bonds. The van der Waals surface area contributed by atoms with Gasteiger partial charge in [0.1, 0.15) is 11.3 Å². The first-order valence-electron chi connectivity index (χ1n) is 4.67. The van der Waals surface area contributed by atoms with E-state index in [9.17, 15) is 4.79 Å². The van der Waals surface area contributed by atoms with Crippen molar-refractivity contribution in [1.29, 1.82) is 0 Å². The van der Waals surface area contributed by atoms with Gasteiger partial charge in [0.2, 0.25) is 0 Å². The molecule has 4 nitrogen and oxygen atoms in total. The maximum atomic E-state index is 10.4. The molecule has 0 unspecified atom stereocenters. The molecule has 1 heterocycles. The summed E-state index contributed by atoms with van der Waals surface area (Å²) in [6.45, 7) is 0. The fourth-order valence-corrected chi connectivity index (χ4v) is 1.47. The van der Waals surface area contributed by atoms with Gasteiger partial charge in [0.05, 0.1) is 13.4 Å². The van der Waals surface area contributed by atoms with Crippen molar-refractivity contribution in [3.05, 3.63) is 36.1 Å². The number of fused-ring (bicyclic) bond motifs is 1. The van der Waals surface area contributed by atoms with Crippen LogP contribution in [0.3, 0.4) is 0 Å². The van der Waals surface area contributed by atoms with Crippen molar-refractivity contribution < 1.29 is 19.1 Å². The number of benzene rings is 1. The number of furan rings is 1. The topological polar surface area (TPSA) is 59.7 Å². The lowest BCUT2D eigenvalue weighted by Gasteiger charge is -2.04. The molecule has 0 aliphatic rings. The Kier molecular flexibility index (Phi) is 2.64. The van der Waals surface area contributed by atoms with Gasteiger partial charge in [0.25, 0.3) is 0 Å². The second kappa shape index (κ2) is 4.10. The van der Waals surface area contributed by atoms with Crippen molar-refractivity contribution >= 4 is 23.0 Å². The molecule has 1 aromatic heterocycles. The van der Waals surface area contributed by atoms with Gasteiger partial charge in [-0.05, 0) is 24.3 Å². The van der Waals surface area contributed by atoms with Gasteiger partial charge in [-0.15, -0.1) is 0 Å². The van der Waals surface area contributed by atoms with Crippen LogP contribution in [0.25, 0.3) is 17.0 Å². The van der Waals surface area contributed by atoms with E-state index in [1.165, 1.54) is 6.08 Å². The molecule has 0 saturated carbocycles. The Morgan fingerprint density at radius 2 is 2.31 bits per heavy atom. The fourth-order valence-electron chi connectivity index (χ4n) is 1.47. The number of carboxylic acids is 1. The van der Waals surface area contributed by atoms with Crippen molar-refractivity contribution in [1.82, 2.24) is 0 Å². The Labute approximate surface area is 91.7 Å². The number of aliphatic carboxylic acids is 1. The first-order chi connectivity index (χ1) is 7.70. The molecule has 0 fully saturated rings. The Bertz CT molecular complexity index is 551. The summed E-state index contributed by atoms with van der Waals surface area (Å²) in [7, 11) is 1.54. The first kappa shape index (κ1) is 10.3. The molecular formula is C12H10O4. The highest BCUT2D eigenvalue weighted by molar-refractivity contribution is 5.88. The number of rotatable bonds is 3. The predicted molar refractivity (Wildman–Crippen MR) is 59.4 cm³/mol. The van der Waals surface area contributed by atoms with Gasteiger partial charge in [0, 0.05) is 17.0 Å². The van der Waals surface area contributed by atoms with E-state index < -0.39 is 5.97 Å². The van der Waals surface area contributed by atoms with Crippen LogP contribution in [0.1, 0.15) is 5.56 Å². The standard InChI is InChI=1S/C12H10O4/c1-15-10-6-9-4-5-16-11(9)7-8(10)2-3-12(13)14/h2-7H,1H3,(H,13,14). The van der Waals surface area contributed by atoms with E-state index in [1.807, 2.05) is 6.07 Å². The van der Waals surface area contributed by atoms with Crippen molar-refractivity contribution in [3.63, 3.8) is 0 Å². The van der Waals surface area contributed by atoms with E-state index in [1.54, 1.807) is 25.5 Å². The Morgan fingerprint density at radius 1 is 1.50 bits per heavy atom. The van der Waals surface area contributed by atoms with Gasteiger partial charge >= 0.3 is 5.97 Å². The summed E-state index contributed by atoms with van der Waals surface area (Å²) in [5.41, 5.74) is 1.37. The van der Waals surface area contributed by atoms with Gasteiger partial charge in [-0.1, -0.05) is 0 Å². The average molecular weight is 218 g/mol. The molecule has 2 rings (SSSR count). The first-order valence-corrected chi connectivity index (χ1v) is 4.67. The minimum absolute atomic E-state index is 0.617. The van der Waals surface area contributed by atoms with Crippen LogP contribution in [0.4, 0.5) is 0 Å². The minimum Gasteiger partial charge on any atom is -0.496 e. The molecule has 0 saturated heterocycles. The van der Waals surface area contributed by atoms with Crippen molar-refractivity contribution in [3.8, 4) is 5.75 Å². The highest BCUT2D eigenvalue weighted by Crippen LogP contribution is 2.27. The van der Waals surface area contributed by atoms with Gasteiger partial charge in [-0.2, -0.15) is 0 Å². The highest BCUT2D eigenvalue weighted by atomic mass is 16.5. The molecule has 82 valence electrons. The SMILES string of the molecule is COc1cc2ccoc2cc1C=CC(=O)O. The summed E-state index contributed by atoms with van der Waals surface area (Å²) in [4.78, 5) is 10.4. The molecule has 0 atom stereocenters. The Hall–Kier alpha value is -2.23. The van der Waals surface area contributed by atoms with Crippen LogP contribution >= 0.6 is 0 Å². The largest absolute Gasteiger partial charge is 0.496 e. The lowest BCUT2D eigenvalue weighted by Crippen LogP contribution is -1.89. The minimum atomic E-state index is -0.999. The molecule has 0 bridgehead atoms. The number of hydrogen-bond acceptors (Lipinski definition) is 3. The normalized spacial score (nSPS) is 11.1. The van der Waals surface area contributed by atoms with E-state index in [0.29, 0.717) is 16.9 Å². The number of carbonyl (C=O) groups is 1. The van der Waals surface area contributed by atoms with E-state index in [-0.39, 0.29) is 0 Å². The zero-order valence-electron chi connectivity index (χ0n) is 8.64. The summed E-state index contributed by atoms with van der Waals surface area (Å²) in [6.07, 6.45) is 4.12. The van der Waals surface area contributed by atoms with Gasteiger partial charge in [-0.25, -0.2) is 4.79 Å². The van der Waals surface area contributed by atoms with Crippen LogP contribution in [0.5, 0.6) is 5.75 Å². The molecule has 16 heavy (non-hydrogen) atoms. The summed E-state index contributed by atoms with van der Waals surface area (Å²) < 4.78 is 10.4. The third-order valence-corrected chi connectivity index (χ3v) is 2.21. The third-order valence-electron chi connectivity index (χ3n) is 2.21. The molecule has 1 aromatic carbocycles. The van der Waals surface area contributed by atoms with Crippen molar-refractivity contribution in [2.24, 2.45) is 0 Å². The van der Waals surface area contributed by atoms with Crippen LogP contribution in [-0.4, -0.2) is 18.2 Å². The van der Waals surface area contributed by atoms with E-state index in [0.717, 1.165) is 11.5 Å². The summed E-state index contributed by atoms with van der Waals surface area (Å²) >= 11 is 0. The lowest BCUT2D eigenvalue weighted by atomic mass is 10.1. The van der Waals surface area contributed by atoms with Crippen LogP contribution < -0.4 is 4.74 Å². The molecule has 4 heteroatoms. The Morgan fingerprint density at radius 3 is 3.00 bits per heavy atom. The zero-order chi connectivity index (χ0) is 11.5. The molecule has 2 aromatic rings. The highest BCUT2D eigenvalue weighted by Gasteiger charge is 2.05. The third kappa shape index (κ3) is 1.91. The van der Waals surface area contributed by atoms with Gasteiger partial charge < -0.3 is 14.3 Å². The van der Waals surface area contributed by atoms with E-state index in [2.05, 4.69) is 0 Å². The summed E-state index contributed by atoms with van der Waals surface area (Å²) in [5.74, 6) is -0.381. The monoisotopic (exact) mass is 218 g/mol. The molecule has 0 aliphatic carbocycles. The lowest BCUT2D eigenvalue weighted by molar-refractivity contribution is -0.131. The van der Waals surface area contributed by atoms with Crippen LogP contribution in [0, 0.1) is 0 Å². The van der Waals surface area contributed by atoms with Gasteiger partial charge in [0.15, 0.2) is 0 Å². The van der Waals surface area contributed by atoms with Gasteiger partial charge in [-0.3, -0.25) is 0 Å². The number of carboxylic acid groups (broad SMARTS) is 1. The zero-order valence-corrected chi connectivity index (χ0v) is 8.64. The Balaban J connectivity index is 2.52. The maximum Gasteiger partial charge on any atom is 0.328 e. The number of ether oxygens (including phenoxy) is 1. The molecule has 1 N–H and O–H groups in total. The molecular weight excluding hydrogens is 208 g/mol. The second-order valence-electron chi connectivity index (χ2n) is 3.22. The van der Waals surface area contributed by atoms with Crippen LogP contribution in [0.15, 0.2) is 35.0 Å². The summed E-state index contributed by atoms with van der Waals surface area (Å²) in [6, 6.07) is 5.37. The fraction of sp³-hybridized carbons (Fsp3) is 0.0833. The second-order valence-corrected chi connectivity index (χ2v) is 3.22. The van der Waals surface area contributed by atoms with E-state index in [4.69, 9.17) is 14.3 Å². The number of methoxy groups -OCH3 is 1. The van der Waals surface area contributed by atoms with Crippen LogP contribution in [-0.2, 0) is 4.79 Å². The predicted octanol–water partition coefficient (Wildman–Crippen LogP) is 2.54. The van der Waals surface area contributed by atoms with Crippen molar-refractivity contribution in [2.45, 2.75) is 0 Å².